The molecule has 0 amide bonds. The summed E-state index contributed by atoms with van der Waals surface area (Å²) < 4.78 is 34.3. The second kappa shape index (κ2) is 17.3. The van der Waals surface area contributed by atoms with Crippen molar-refractivity contribution in [2.24, 2.45) is 0 Å². The van der Waals surface area contributed by atoms with E-state index in [1.54, 1.807) is 13.8 Å². The first-order valence-electron chi connectivity index (χ1n) is 13.1. The maximum Gasteiger partial charge on any atom is 0.333 e. The molecule has 0 N–H and O–H groups in total. The summed E-state index contributed by atoms with van der Waals surface area (Å²) in [7, 11) is 0. The highest BCUT2D eigenvalue weighted by Gasteiger charge is 2.25. The van der Waals surface area contributed by atoms with Gasteiger partial charge >= 0.3 is 11.9 Å². The molecule has 0 unspecified atom stereocenters. The highest BCUT2D eigenvalue weighted by molar-refractivity contribution is 9.10. The molecule has 0 atom stereocenters. The van der Waals surface area contributed by atoms with Crippen LogP contribution in [0.5, 0.6) is 11.5 Å². The molecule has 224 valence electrons. The van der Waals surface area contributed by atoms with Gasteiger partial charge in [0.05, 0.1) is 35.4 Å². The molecule has 0 aliphatic carbocycles. The molecule has 0 radical (unpaired) electrons. The maximum absolute atomic E-state index is 11.3. The first kappa shape index (κ1) is 34.5. The van der Waals surface area contributed by atoms with Gasteiger partial charge in [0.1, 0.15) is 37.9 Å². The van der Waals surface area contributed by atoms with E-state index in [9.17, 15) is 9.59 Å². The number of rotatable bonds is 18. The van der Waals surface area contributed by atoms with Gasteiger partial charge in [-0.25, -0.2) is 9.59 Å². The van der Waals surface area contributed by atoms with Crippen molar-refractivity contribution in [1.82, 2.24) is 0 Å². The number of hydrogen-bond acceptors (Lipinski definition) is 8. The Bertz CT molecular complexity index is 1120. The summed E-state index contributed by atoms with van der Waals surface area (Å²) in [6.45, 7) is 17.0. The van der Waals surface area contributed by atoms with Crippen molar-refractivity contribution in [3.05, 3.63) is 80.8 Å². The minimum absolute atomic E-state index is 0.174. The van der Waals surface area contributed by atoms with Crippen molar-refractivity contribution in [2.75, 3.05) is 52.9 Å². The lowest BCUT2D eigenvalue weighted by atomic mass is 9.78. The lowest BCUT2D eigenvalue weighted by Crippen LogP contribution is -2.19. The molecule has 0 spiro atoms. The van der Waals surface area contributed by atoms with E-state index >= 15 is 0 Å². The predicted molar refractivity (Wildman–Crippen MR) is 165 cm³/mol. The summed E-state index contributed by atoms with van der Waals surface area (Å²) in [6.07, 6.45) is 0. The average Bonchev–Trinajstić information content (AvgIpc) is 2.92. The Morgan fingerprint density at radius 2 is 1.02 bits per heavy atom. The van der Waals surface area contributed by atoms with Gasteiger partial charge in [-0.2, -0.15) is 0 Å². The monoisotopic (exact) mass is 696 g/mol. The van der Waals surface area contributed by atoms with E-state index in [2.05, 4.69) is 71.0 Å². The third kappa shape index (κ3) is 11.6. The summed E-state index contributed by atoms with van der Waals surface area (Å²) in [6, 6.07) is 12.1. The van der Waals surface area contributed by atoms with Crippen LogP contribution in [-0.2, 0) is 34.0 Å². The van der Waals surface area contributed by atoms with Crippen molar-refractivity contribution in [1.29, 1.82) is 0 Å². The van der Waals surface area contributed by atoms with Gasteiger partial charge < -0.3 is 28.4 Å². The number of halogens is 2. The van der Waals surface area contributed by atoms with Crippen LogP contribution in [0.15, 0.2) is 69.6 Å². The van der Waals surface area contributed by atoms with Crippen molar-refractivity contribution in [3.63, 3.8) is 0 Å². The van der Waals surface area contributed by atoms with Gasteiger partial charge in [0.25, 0.3) is 0 Å². The maximum atomic E-state index is 11.3. The molecule has 0 aliphatic heterocycles. The van der Waals surface area contributed by atoms with E-state index in [-0.39, 0.29) is 18.6 Å². The Balaban J connectivity index is 1.82. The third-order valence-corrected chi connectivity index (χ3v) is 7.14. The summed E-state index contributed by atoms with van der Waals surface area (Å²) in [4.78, 5) is 22.7. The van der Waals surface area contributed by atoms with Gasteiger partial charge in [-0.05, 0) is 81.1 Å². The van der Waals surface area contributed by atoms with Crippen LogP contribution in [0.3, 0.4) is 0 Å². The zero-order chi connectivity index (χ0) is 30.4. The average molecular weight is 698 g/mol. The van der Waals surface area contributed by atoms with Gasteiger partial charge in [0.2, 0.25) is 0 Å². The zero-order valence-electron chi connectivity index (χ0n) is 24.1. The topological polar surface area (TPSA) is 89.5 Å². The van der Waals surface area contributed by atoms with Crippen LogP contribution in [0, 0.1) is 0 Å². The predicted octanol–water partition coefficient (Wildman–Crippen LogP) is 6.57. The zero-order valence-corrected chi connectivity index (χ0v) is 27.2. The molecule has 0 bridgehead atoms. The summed E-state index contributed by atoms with van der Waals surface area (Å²) in [5, 5.41) is 0. The van der Waals surface area contributed by atoms with E-state index in [0.717, 1.165) is 20.1 Å². The lowest BCUT2D eigenvalue weighted by molar-refractivity contribution is -0.141. The molecule has 2 rings (SSSR count). The highest BCUT2D eigenvalue weighted by atomic mass is 79.9. The molecule has 0 fully saturated rings. The van der Waals surface area contributed by atoms with Crippen LogP contribution < -0.4 is 9.47 Å². The smallest absolute Gasteiger partial charge is 0.333 e. The second-order valence-electron chi connectivity index (χ2n) is 9.67. The summed E-state index contributed by atoms with van der Waals surface area (Å²) >= 11 is 7.25. The van der Waals surface area contributed by atoms with Crippen molar-refractivity contribution >= 4 is 43.8 Å². The van der Waals surface area contributed by atoms with Gasteiger partial charge in [-0.3, -0.25) is 0 Å². The van der Waals surface area contributed by atoms with Crippen LogP contribution >= 0.6 is 31.9 Å². The molecule has 0 aromatic heterocycles. The molecular weight excluding hydrogens is 660 g/mol. The van der Waals surface area contributed by atoms with E-state index < -0.39 is 11.9 Å². The van der Waals surface area contributed by atoms with Crippen LogP contribution in [-0.4, -0.2) is 64.8 Å². The molecule has 0 aliphatic rings. The van der Waals surface area contributed by atoms with Gasteiger partial charge in [0.15, 0.2) is 0 Å². The van der Waals surface area contributed by atoms with Gasteiger partial charge in [-0.15, -0.1) is 0 Å². The molecule has 41 heavy (non-hydrogen) atoms. The molecule has 0 heterocycles. The van der Waals surface area contributed by atoms with Gasteiger partial charge in [0, 0.05) is 16.6 Å². The normalized spacial score (nSPS) is 11.1. The van der Waals surface area contributed by atoms with Crippen LogP contribution in [0.1, 0.15) is 38.8 Å². The van der Waals surface area contributed by atoms with Crippen LogP contribution in [0.4, 0.5) is 0 Å². The molecule has 2 aromatic rings. The molecular formula is C31H38Br2O8. The Labute approximate surface area is 259 Å². The Kier molecular flexibility index (Phi) is 14.6. The van der Waals surface area contributed by atoms with E-state index in [1.165, 1.54) is 0 Å². The highest BCUT2D eigenvalue weighted by Crippen LogP contribution is 2.38. The minimum atomic E-state index is -0.424. The minimum Gasteiger partial charge on any atom is -0.490 e. The SMILES string of the molecule is C=C(C)C(=O)OCCOCCOc1ccc(C(C)(C)c2ccc(OCCOCCOC(=O)C(=C)C)c(Br)c2)cc1Br. The first-order chi connectivity index (χ1) is 19.4. The van der Waals surface area contributed by atoms with Crippen molar-refractivity contribution in [2.45, 2.75) is 33.1 Å². The van der Waals surface area contributed by atoms with E-state index in [0.29, 0.717) is 62.3 Å². The van der Waals surface area contributed by atoms with Crippen LogP contribution in [0.2, 0.25) is 0 Å². The van der Waals surface area contributed by atoms with Crippen molar-refractivity contribution in [3.8, 4) is 11.5 Å². The number of ether oxygens (including phenoxy) is 6. The summed E-state index contributed by atoms with van der Waals surface area (Å²) in [5.74, 6) is 0.575. The quantitative estimate of drug-likeness (QED) is 0.0983. The molecule has 10 heteroatoms. The van der Waals surface area contributed by atoms with Gasteiger partial charge in [-0.1, -0.05) is 39.1 Å². The number of carbonyl (C=O) groups excluding carboxylic acids is 2. The Morgan fingerprint density at radius 1 is 0.659 bits per heavy atom. The number of carbonyl (C=O) groups is 2. The standard InChI is InChI=1S/C31H38Br2O8/c1-21(2)29(34)40-17-13-36-11-15-38-27-9-7-23(19-25(27)32)31(5,6)24-8-10-28(26(33)20-24)39-16-12-37-14-18-41-30(35)22(3)4/h7-10,19-20H,1,3,11-18H2,2,4-6H3. The fourth-order valence-electron chi connectivity index (χ4n) is 3.44. The van der Waals surface area contributed by atoms with E-state index in [1.807, 2.05) is 24.3 Å². The first-order valence-corrected chi connectivity index (χ1v) is 14.7. The molecule has 0 saturated carbocycles. The van der Waals surface area contributed by atoms with Crippen LogP contribution in [0.25, 0.3) is 0 Å². The van der Waals surface area contributed by atoms with Crippen molar-refractivity contribution < 1.29 is 38.0 Å². The Morgan fingerprint density at radius 3 is 1.37 bits per heavy atom. The molecule has 2 aromatic carbocycles. The lowest BCUT2D eigenvalue weighted by Gasteiger charge is -2.27. The third-order valence-electron chi connectivity index (χ3n) is 5.90. The largest absolute Gasteiger partial charge is 0.490 e. The number of esters is 2. The van der Waals surface area contributed by atoms with E-state index in [4.69, 9.17) is 28.4 Å². The number of hydrogen-bond donors (Lipinski definition) is 0. The molecule has 8 nitrogen and oxygen atoms in total. The fraction of sp³-hybridized carbons (Fsp3) is 0.419. The summed E-state index contributed by atoms with van der Waals surface area (Å²) in [5.41, 5.74) is 2.64. The fourth-order valence-corrected chi connectivity index (χ4v) is 4.42. The number of benzene rings is 2. The second-order valence-corrected chi connectivity index (χ2v) is 11.4. The Hall–Kier alpha value is -2.66. The molecule has 0 saturated heterocycles.